The number of phenols is 1. The topological polar surface area (TPSA) is 64.1 Å². The molecule has 0 amide bonds. The number of phenolic OH excluding ortho intramolecular Hbond substituents is 1. The van der Waals surface area contributed by atoms with Crippen molar-refractivity contribution >= 4 is 11.3 Å². The summed E-state index contributed by atoms with van der Waals surface area (Å²) in [4.78, 5) is 4.77. The van der Waals surface area contributed by atoms with Crippen molar-refractivity contribution in [2.45, 2.75) is 20.8 Å². The van der Waals surface area contributed by atoms with E-state index in [9.17, 15) is 5.11 Å². The molecule has 0 unspecified atom stereocenters. The normalized spacial score (nSPS) is 11.2. The maximum Gasteiger partial charge on any atom is 0.180 e. The quantitative estimate of drug-likeness (QED) is 0.571. The van der Waals surface area contributed by atoms with Gasteiger partial charge in [0.1, 0.15) is 16.5 Å². The highest BCUT2D eigenvalue weighted by Gasteiger charge is 2.17. The van der Waals surface area contributed by atoms with Gasteiger partial charge >= 0.3 is 0 Å². The molecule has 0 saturated heterocycles. The van der Waals surface area contributed by atoms with Crippen LogP contribution < -0.4 is 0 Å². The Labute approximate surface area is 149 Å². The lowest BCUT2D eigenvalue weighted by Crippen LogP contribution is -1.99. The standard InChI is InChI=1S/C19H17N3O2S/c1-11-8-16(13(3)22(11)18-9-12(2)24-21-18)17-10-25-19(20-17)14-4-6-15(23)7-5-14/h4-10,23H,1-3H3. The molecule has 4 aromatic rings. The van der Waals surface area contributed by atoms with Crippen molar-refractivity contribution in [3.8, 4) is 33.4 Å². The monoisotopic (exact) mass is 351 g/mol. The second-order valence-corrected chi connectivity index (χ2v) is 6.86. The van der Waals surface area contributed by atoms with E-state index in [0.717, 1.165) is 44.8 Å². The summed E-state index contributed by atoms with van der Waals surface area (Å²) in [6.45, 7) is 6.00. The van der Waals surface area contributed by atoms with Crippen LogP contribution in [-0.2, 0) is 0 Å². The number of hydrogen-bond donors (Lipinski definition) is 1. The highest BCUT2D eigenvalue weighted by atomic mass is 32.1. The van der Waals surface area contributed by atoms with Crippen LogP contribution in [-0.4, -0.2) is 19.8 Å². The van der Waals surface area contributed by atoms with E-state index in [2.05, 4.69) is 28.1 Å². The molecule has 1 aromatic carbocycles. The molecule has 0 fully saturated rings. The average Bonchev–Trinajstić information content (AvgIpc) is 3.28. The second kappa shape index (κ2) is 5.89. The van der Waals surface area contributed by atoms with Gasteiger partial charge in [-0.2, -0.15) is 0 Å². The van der Waals surface area contributed by atoms with E-state index in [1.165, 1.54) is 0 Å². The average molecular weight is 351 g/mol. The van der Waals surface area contributed by atoms with Crippen LogP contribution in [0.3, 0.4) is 0 Å². The number of benzene rings is 1. The van der Waals surface area contributed by atoms with Crippen LogP contribution in [0, 0.1) is 20.8 Å². The van der Waals surface area contributed by atoms with Gasteiger partial charge in [-0.15, -0.1) is 11.3 Å². The Hall–Kier alpha value is -2.86. The fourth-order valence-electron chi connectivity index (χ4n) is 2.97. The van der Waals surface area contributed by atoms with Crippen molar-refractivity contribution < 1.29 is 9.63 Å². The first-order chi connectivity index (χ1) is 12.0. The molecule has 0 aliphatic heterocycles. The lowest BCUT2D eigenvalue weighted by Gasteiger charge is -2.04. The molecular weight excluding hydrogens is 334 g/mol. The van der Waals surface area contributed by atoms with Crippen LogP contribution in [0.25, 0.3) is 27.6 Å². The smallest absolute Gasteiger partial charge is 0.180 e. The number of aromatic hydroxyl groups is 1. The summed E-state index contributed by atoms with van der Waals surface area (Å²) >= 11 is 1.59. The van der Waals surface area contributed by atoms with Gasteiger partial charge in [-0.25, -0.2) is 4.98 Å². The number of hydrogen-bond acceptors (Lipinski definition) is 5. The van der Waals surface area contributed by atoms with Crippen molar-refractivity contribution in [3.05, 3.63) is 58.9 Å². The van der Waals surface area contributed by atoms with E-state index in [1.54, 1.807) is 23.5 Å². The van der Waals surface area contributed by atoms with Crippen molar-refractivity contribution in [1.82, 2.24) is 14.7 Å². The highest BCUT2D eigenvalue weighted by molar-refractivity contribution is 7.13. The van der Waals surface area contributed by atoms with Gasteiger partial charge in [0.05, 0.1) is 5.69 Å². The van der Waals surface area contributed by atoms with Gasteiger partial charge < -0.3 is 9.63 Å². The van der Waals surface area contributed by atoms with E-state index >= 15 is 0 Å². The van der Waals surface area contributed by atoms with Crippen LogP contribution in [0.4, 0.5) is 0 Å². The molecule has 3 heterocycles. The van der Waals surface area contributed by atoms with Gasteiger partial charge in [0, 0.05) is 34.0 Å². The maximum absolute atomic E-state index is 9.43. The zero-order chi connectivity index (χ0) is 17.6. The van der Waals surface area contributed by atoms with Crippen LogP contribution >= 0.6 is 11.3 Å². The molecular formula is C19H17N3O2S. The minimum Gasteiger partial charge on any atom is -0.508 e. The number of aromatic nitrogens is 3. The summed E-state index contributed by atoms with van der Waals surface area (Å²) in [5, 5.41) is 16.5. The lowest BCUT2D eigenvalue weighted by atomic mass is 10.2. The van der Waals surface area contributed by atoms with Crippen LogP contribution in [0.2, 0.25) is 0 Å². The molecule has 5 nitrogen and oxygen atoms in total. The first-order valence-corrected chi connectivity index (χ1v) is 8.79. The third-order valence-corrected chi connectivity index (χ3v) is 5.06. The van der Waals surface area contributed by atoms with Crippen molar-refractivity contribution in [2.24, 2.45) is 0 Å². The fraction of sp³-hybridized carbons (Fsp3) is 0.158. The van der Waals surface area contributed by atoms with Gasteiger partial charge in [-0.3, -0.25) is 4.57 Å². The van der Waals surface area contributed by atoms with E-state index in [4.69, 9.17) is 9.51 Å². The summed E-state index contributed by atoms with van der Waals surface area (Å²) < 4.78 is 7.29. The largest absolute Gasteiger partial charge is 0.508 e. The molecule has 0 spiro atoms. The Bertz CT molecular complexity index is 1040. The molecule has 0 atom stereocenters. The summed E-state index contributed by atoms with van der Waals surface area (Å²) in [7, 11) is 0. The molecule has 4 rings (SSSR count). The number of thiazole rings is 1. The third kappa shape index (κ3) is 2.74. The maximum atomic E-state index is 9.43. The van der Waals surface area contributed by atoms with Gasteiger partial charge in [0.25, 0.3) is 0 Å². The van der Waals surface area contributed by atoms with Gasteiger partial charge in [-0.1, -0.05) is 5.16 Å². The molecule has 6 heteroatoms. The Balaban J connectivity index is 1.75. The molecule has 126 valence electrons. The van der Waals surface area contributed by atoms with Crippen molar-refractivity contribution in [1.29, 1.82) is 0 Å². The molecule has 0 radical (unpaired) electrons. The highest BCUT2D eigenvalue weighted by Crippen LogP contribution is 2.33. The Morgan fingerprint density at radius 2 is 1.84 bits per heavy atom. The summed E-state index contributed by atoms with van der Waals surface area (Å²) in [5.41, 5.74) is 5.18. The van der Waals surface area contributed by atoms with Gasteiger partial charge in [-0.05, 0) is 51.1 Å². The Morgan fingerprint density at radius 1 is 1.08 bits per heavy atom. The second-order valence-electron chi connectivity index (χ2n) is 6.00. The van der Waals surface area contributed by atoms with E-state index in [-0.39, 0.29) is 5.75 Å². The molecule has 0 saturated carbocycles. The van der Waals surface area contributed by atoms with Crippen molar-refractivity contribution in [3.63, 3.8) is 0 Å². The molecule has 0 bridgehead atoms. The molecule has 0 aliphatic rings. The Kier molecular flexibility index (Phi) is 3.69. The van der Waals surface area contributed by atoms with Crippen LogP contribution in [0.15, 0.2) is 46.3 Å². The molecule has 1 N–H and O–H groups in total. The predicted molar refractivity (Wildman–Crippen MR) is 98.2 cm³/mol. The van der Waals surface area contributed by atoms with E-state index < -0.39 is 0 Å². The fourth-order valence-corrected chi connectivity index (χ4v) is 3.79. The summed E-state index contributed by atoms with van der Waals surface area (Å²) in [6, 6.07) is 11.1. The third-order valence-electron chi connectivity index (χ3n) is 4.17. The number of rotatable bonds is 3. The predicted octanol–water partition coefficient (Wildman–Crippen LogP) is 4.89. The van der Waals surface area contributed by atoms with Gasteiger partial charge in [0.15, 0.2) is 5.82 Å². The van der Waals surface area contributed by atoms with Crippen LogP contribution in [0.1, 0.15) is 17.1 Å². The SMILES string of the molecule is Cc1cc(-n2c(C)cc(-c3csc(-c4ccc(O)cc4)n3)c2C)no1. The van der Waals surface area contributed by atoms with E-state index in [0.29, 0.717) is 0 Å². The molecule has 3 aromatic heterocycles. The molecule has 0 aliphatic carbocycles. The minimum atomic E-state index is 0.256. The lowest BCUT2D eigenvalue weighted by molar-refractivity contribution is 0.394. The zero-order valence-electron chi connectivity index (χ0n) is 14.1. The first kappa shape index (κ1) is 15.7. The van der Waals surface area contributed by atoms with Crippen molar-refractivity contribution in [2.75, 3.05) is 0 Å². The number of aryl methyl sites for hydroxylation is 2. The first-order valence-electron chi connectivity index (χ1n) is 7.91. The summed E-state index contributed by atoms with van der Waals surface area (Å²) in [6.07, 6.45) is 0. The minimum absolute atomic E-state index is 0.256. The van der Waals surface area contributed by atoms with E-state index in [1.807, 2.05) is 32.0 Å². The number of nitrogens with zero attached hydrogens (tertiary/aromatic N) is 3. The summed E-state index contributed by atoms with van der Waals surface area (Å²) in [5.74, 6) is 1.83. The zero-order valence-corrected chi connectivity index (χ0v) is 15.0. The Morgan fingerprint density at radius 3 is 2.52 bits per heavy atom. The molecule has 25 heavy (non-hydrogen) atoms. The van der Waals surface area contributed by atoms with Crippen LogP contribution in [0.5, 0.6) is 5.75 Å². The van der Waals surface area contributed by atoms with Gasteiger partial charge in [0.2, 0.25) is 0 Å².